The summed E-state index contributed by atoms with van der Waals surface area (Å²) in [7, 11) is 1.65. The van der Waals surface area contributed by atoms with Crippen LogP contribution in [-0.2, 0) is 0 Å². The number of benzene rings is 1. The first kappa shape index (κ1) is 13.8. The number of phenolic OH excluding ortho intramolecular Hbond substituents is 1. The molecule has 2 unspecified atom stereocenters. The topological polar surface area (TPSA) is 66.6 Å². The Hall–Kier alpha value is -1.62. The van der Waals surface area contributed by atoms with Crippen LogP contribution in [0.4, 0.5) is 4.39 Å². The smallest absolute Gasteiger partial charge is 0.260 e. The van der Waals surface area contributed by atoms with Crippen LogP contribution in [0, 0.1) is 11.7 Å². The Morgan fingerprint density at radius 1 is 1.53 bits per heavy atom. The van der Waals surface area contributed by atoms with Crippen LogP contribution in [0.15, 0.2) is 18.2 Å². The van der Waals surface area contributed by atoms with E-state index in [2.05, 4.69) is 0 Å². The zero-order valence-corrected chi connectivity index (χ0v) is 11.0. The Balaban J connectivity index is 2.24. The third kappa shape index (κ3) is 2.56. The molecule has 1 fully saturated rings. The maximum atomic E-state index is 13.7. The average Bonchev–Trinajstić information content (AvgIpc) is 2.85. The lowest BCUT2D eigenvalue weighted by molar-refractivity contribution is 0.0692. The number of nitrogens with two attached hydrogens (primary N) is 1. The van der Waals surface area contributed by atoms with Crippen LogP contribution in [0.2, 0.25) is 0 Å². The van der Waals surface area contributed by atoms with Gasteiger partial charge in [-0.15, -0.1) is 0 Å². The first-order chi connectivity index (χ1) is 9.06. The third-order valence-corrected chi connectivity index (χ3v) is 3.95. The van der Waals surface area contributed by atoms with Crippen LogP contribution in [0.3, 0.4) is 0 Å². The molecule has 2 atom stereocenters. The summed E-state index contributed by atoms with van der Waals surface area (Å²) in [6.45, 7) is 0.519. The summed E-state index contributed by atoms with van der Waals surface area (Å²) in [5, 5.41) is 9.66. The largest absolute Gasteiger partial charge is 0.507 e. The molecule has 0 radical (unpaired) electrons. The molecule has 0 heterocycles. The Morgan fingerprint density at radius 3 is 2.89 bits per heavy atom. The minimum Gasteiger partial charge on any atom is -0.507 e. The van der Waals surface area contributed by atoms with E-state index in [9.17, 15) is 14.3 Å². The van der Waals surface area contributed by atoms with Crippen LogP contribution in [0.1, 0.15) is 29.6 Å². The van der Waals surface area contributed by atoms with E-state index < -0.39 is 11.7 Å². The monoisotopic (exact) mass is 266 g/mol. The van der Waals surface area contributed by atoms with Gasteiger partial charge in [-0.2, -0.15) is 0 Å². The second-order valence-electron chi connectivity index (χ2n) is 5.04. The van der Waals surface area contributed by atoms with E-state index in [-0.39, 0.29) is 23.3 Å². The SMILES string of the molecule is CN(C(=O)c1c(O)cccc1F)C1CCCC1CN. The number of halogens is 1. The second-order valence-corrected chi connectivity index (χ2v) is 5.04. The van der Waals surface area contributed by atoms with Gasteiger partial charge >= 0.3 is 0 Å². The van der Waals surface area contributed by atoms with Gasteiger partial charge in [-0.25, -0.2) is 4.39 Å². The molecular weight excluding hydrogens is 247 g/mol. The maximum absolute atomic E-state index is 13.7. The average molecular weight is 266 g/mol. The first-order valence-electron chi connectivity index (χ1n) is 6.51. The Kier molecular flexibility index (Phi) is 4.04. The van der Waals surface area contributed by atoms with E-state index in [4.69, 9.17) is 5.73 Å². The molecule has 0 aromatic heterocycles. The lowest BCUT2D eigenvalue weighted by atomic mass is 10.0. The minimum atomic E-state index is -0.695. The van der Waals surface area contributed by atoms with Gasteiger partial charge in [0.2, 0.25) is 0 Å². The van der Waals surface area contributed by atoms with Crippen LogP contribution in [0.25, 0.3) is 0 Å². The molecule has 3 N–H and O–H groups in total. The second kappa shape index (κ2) is 5.57. The van der Waals surface area contributed by atoms with Crippen molar-refractivity contribution in [1.29, 1.82) is 0 Å². The lowest BCUT2D eigenvalue weighted by Crippen LogP contribution is -2.41. The van der Waals surface area contributed by atoms with Crippen molar-refractivity contribution in [2.24, 2.45) is 11.7 Å². The summed E-state index contributed by atoms with van der Waals surface area (Å²) in [6, 6.07) is 3.89. The van der Waals surface area contributed by atoms with E-state index in [1.165, 1.54) is 23.1 Å². The Labute approximate surface area is 112 Å². The van der Waals surface area contributed by atoms with Gasteiger partial charge in [0.25, 0.3) is 5.91 Å². The van der Waals surface area contributed by atoms with Gasteiger partial charge in [0.05, 0.1) is 0 Å². The van der Waals surface area contributed by atoms with Gasteiger partial charge in [0, 0.05) is 13.1 Å². The van der Waals surface area contributed by atoms with Gasteiger partial charge in [-0.1, -0.05) is 12.5 Å². The number of rotatable bonds is 3. The molecule has 0 saturated heterocycles. The molecule has 2 rings (SSSR count). The molecule has 1 amide bonds. The van der Waals surface area contributed by atoms with E-state index in [0.717, 1.165) is 19.3 Å². The summed E-state index contributed by atoms with van der Waals surface area (Å²) in [4.78, 5) is 13.8. The van der Waals surface area contributed by atoms with Crippen molar-refractivity contribution in [3.05, 3.63) is 29.6 Å². The minimum absolute atomic E-state index is 0.0245. The van der Waals surface area contributed by atoms with Crippen molar-refractivity contribution in [1.82, 2.24) is 4.90 Å². The molecule has 0 spiro atoms. The van der Waals surface area contributed by atoms with Gasteiger partial charge in [0.1, 0.15) is 17.1 Å². The highest BCUT2D eigenvalue weighted by molar-refractivity contribution is 5.97. The van der Waals surface area contributed by atoms with Crippen LogP contribution in [-0.4, -0.2) is 35.5 Å². The van der Waals surface area contributed by atoms with Crippen LogP contribution < -0.4 is 5.73 Å². The fourth-order valence-electron chi connectivity index (χ4n) is 2.85. The molecular formula is C14H19FN2O2. The fourth-order valence-corrected chi connectivity index (χ4v) is 2.85. The van der Waals surface area contributed by atoms with Crippen molar-refractivity contribution >= 4 is 5.91 Å². The summed E-state index contributed by atoms with van der Waals surface area (Å²) in [6.07, 6.45) is 2.88. The summed E-state index contributed by atoms with van der Waals surface area (Å²) >= 11 is 0. The normalized spacial score (nSPS) is 22.5. The van der Waals surface area contributed by atoms with Gasteiger partial charge < -0.3 is 15.7 Å². The predicted molar refractivity (Wildman–Crippen MR) is 70.3 cm³/mol. The molecule has 1 aromatic rings. The maximum Gasteiger partial charge on any atom is 0.260 e. The van der Waals surface area contributed by atoms with Crippen molar-refractivity contribution in [2.45, 2.75) is 25.3 Å². The van der Waals surface area contributed by atoms with Gasteiger partial charge in [0.15, 0.2) is 0 Å². The molecule has 104 valence electrons. The number of hydrogen-bond acceptors (Lipinski definition) is 3. The number of aromatic hydroxyl groups is 1. The molecule has 1 saturated carbocycles. The first-order valence-corrected chi connectivity index (χ1v) is 6.51. The summed E-state index contributed by atoms with van der Waals surface area (Å²) in [5.41, 5.74) is 5.44. The quantitative estimate of drug-likeness (QED) is 0.875. The molecule has 4 nitrogen and oxygen atoms in total. The van der Waals surface area contributed by atoms with E-state index in [1.54, 1.807) is 7.05 Å². The Bertz CT molecular complexity index is 458. The Morgan fingerprint density at radius 2 is 2.26 bits per heavy atom. The number of carbonyl (C=O) groups is 1. The van der Waals surface area contributed by atoms with E-state index in [0.29, 0.717) is 6.54 Å². The highest BCUT2D eigenvalue weighted by atomic mass is 19.1. The van der Waals surface area contributed by atoms with Crippen molar-refractivity contribution in [2.75, 3.05) is 13.6 Å². The summed E-state index contributed by atoms with van der Waals surface area (Å²) < 4.78 is 13.7. The van der Waals surface area contributed by atoms with E-state index in [1.807, 2.05) is 0 Å². The number of hydrogen-bond donors (Lipinski definition) is 2. The number of carbonyl (C=O) groups excluding carboxylic acids is 1. The van der Waals surface area contributed by atoms with Crippen LogP contribution >= 0.6 is 0 Å². The standard InChI is InChI=1S/C14H19FN2O2/c1-17(11-6-2-4-9(11)8-16)14(19)13-10(15)5-3-7-12(13)18/h3,5,7,9,11,18H,2,4,6,8,16H2,1H3. The highest BCUT2D eigenvalue weighted by Gasteiger charge is 2.33. The number of amides is 1. The molecule has 19 heavy (non-hydrogen) atoms. The number of nitrogens with zero attached hydrogens (tertiary/aromatic N) is 1. The van der Waals surface area contributed by atoms with Crippen LogP contribution in [0.5, 0.6) is 5.75 Å². The molecule has 5 heteroatoms. The molecule has 1 aromatic carbocycles. The molecule has 1 aliphatic rings. The van der Waals surface area contributed by atoms with Gasteiger partial charge in [-0.05, 0) is 37.4 Å². The molecule has 0 bridgehead atoms. The zero-order valence-electron chi connectivity index (χ0n) is 11.0. The molecule has 0 aliphatic heterocycles. The van der Waals surface area contributed by atoms with Crippen molar-refractivity contribution < 1.29 is 14.3 Å². The van der Waals surface area contributed by atoms with Crippen molar-refractivity contribution in [3.63, 3.8) is 0 Å². The highest BCUT2D eigenvalue weighted by Crippen LogP contribution is 2.31. The lowest BCUT2D eigenvalue weighted by Gasteiger charge is -2.29. The predicted octanol–water partition coefficient (Wildman–Crippen LogP) is 1.73. The summed E-state index contributed by atoms with van der Waals surface area (Å²) in [5.74, 6) is -1.25. The zero-order chi connectivity index (χ0) is 14.0. The van der Waals surface area contributed by atoms with E-state index >= 15 is 0 Å². The fraction of sp³-hybridized carbons (Fsp3) is 0.500. The van der Waals surface area contributed by atoms with Gasteiger partial charge in [-0.3, -0.25) is 4.79 Å². The van der Waals surface area contributed by atoms with Crippen molar-refractivity contribution in [3.8, 4) is 5.75 Å². The molecule has 1 aliphatic carbocycles. The number of phenols is 1. The third-order valence-electron chi connectivity index (χ3n) is 3.95.